The van der Waals surface area contributed by atoms with E-state index in [1.54, 1.807) is 0 Å². The molecule has 14 heavy (non-hydrogen) atoms. The Morgan fingerprint density at radius 1 is 1.36 bits per heavy atom. The molecule has 72 valence electrons. The third-order valence-corrected chi connectivity index (χ3v) is 2.52. The fourth-order valence-corrected chi connectivity index (χ4v) is 1.97. The van der Waals surface area contributed by atoms with E-state index in [0.717, 1.165) is 22.4 Å². The average molecular weight is 189 g/mol. The Morgan fingerprint density at radius 3 is 2.71 bits per heavy atom. The summed E-state index contributed by atoms with van der Waals surface area (Å²) in [5.74, 6) is -0.839. The molecule has 0 fully saturated rings. The van der Waals surface area contributed by atoms with Crippen molar-refractivity contribution in [3.8, 4) is 0 Å². The van der Waals surface area contributed by atoms with E-state index in [2.05, 4.69) is 5.32 Å². The summed E-state index contributed by atoms with van der Waals surface area (Å²) >= 11 is 0. The normalized spacial score (nSPS) is 19.0. The maximum atomic E-state index is 11.4. The van der Waals surface area contributed by atoms with Crippen LogP contribution >= 0.6 is 0 Å². The lowest BCUT2D eigenvalue weighted by Crippen LogP contribution is -2.12. The van der Waals surface area contributed by atoms with Gasteiger partial charge < -0.3 is 10.1 Å². The van der Waals surface area contributed by atoms with Crippen LogP contribution in [0.4, 0.5) is 5.69 Å². The molecule has 0 bridgehead atoms. The van der Waals surface area contributed by atoms with Crippen molar-refractivity contribution in [1.29, 1.82) is 0 Å². The smallest absolute Gasteiger partial charge is 0.239 e. The number of carbonyl (C=O) groups is 2. The van der Waals surface area contributed by atoms with Gasteiger partial charge in [0, 0.05) is 5.69 Å². The monoisotopic (exact) mass is 189 g/mol. The number of nitrogens with one attached hydrogen (secondary N) is 1. The number of aryl methyl sites for hydroxylation is 2. The van der Waals surface area contributed by atoms with Crippen LogP contribution in [0.5, 0.6) is 0 Å². The summed E-state index contributed by atoms with van der Waals surface area (Å²) in [6.07, 6.45) is 0.698. The molecule has 1 aromatic rings. The topological polar surface area (TPSA) is 46.2 Å². The highest BCUT2D eigenvalue weighted by Gasteiger charge is 2.31. The number of hydrogen-bond acceptors (Lipinski definition) is 2. The number of carbonyl (C=O) groups excluding carboxylic acids is 2. The van der Waals surface area contributed by atoms with Gasteiger partial charge >= 0.3 is 0 Å². The van der Waals surface area contributed by atoms with Gasteiger partial charge in [-0.2, -0.15) is 0 Å². The molecular formula is C11H11NO2. The van der Waals surface area contributed by atoms with E-state index in [9.17, 15) is 9.59 Å². The summed E-state index contributed by atoms with van der Waals surface area (Å²) in [7, 11) is 0. The zero-order valence-corrected chi connectivity index (χ0v) is 8.13. The van der Waals surface area contributed by atoms with E-state index in [-0.39, 0.29) is 5.91 Å². The average Bonchev–Trinajstić information content (AvgIpc) is 2.40. The lowest BCUT2D eigenvalue weighted by Gasteiger charge is -2.06. The molecular weight excluding hydrogens is 178 g/mol. The van der Waals surface area contributed by atoms with Crippen LogP contribution in [0.25, 0.3) is 0 Å². The first-order valence-electron chi connectivity index (χ1n) is 4.51. The predicted molar refractivity (Wildman–Crippen MR) is 53.4 cm³/mol. The second-order valence-electron chi connectivity index (χ2n) is 3.65. The molecule has 1 atom stereocenters. The number of fused-ring (bicyclic) bond motifs is 1. The van der Waals surface area contributed by atoms with Crippen LogP contribution in [-0.2, 0) is 9.59 Å². The summed E-state index contributed by atoms with van der Waals surface area (Å²) in [4.78, 5) is 22.1. The molecule has 0 aromatic heterocycles. The van der Waals surface area contributed by atoms with Gasteiger partial charge in [0.05, 0.1) is 0 Å². The Morgan fingerprint density at radius 2 is 2.07 bits per heavy atom. The molecule has 1 amide bonds. The molecule has 1 heterocycles. The van der Waals surface area contributed by atoms with Crippen LogP contribution in [-0.4, -0.2) is 12.2 Å². The Bertz CT molecular complexity index is 424. The van der Waals surface area contributed by atoms with Crippen LogP contribution in [0.2, 0.25) is 0 Å². The summed E-state index contributed by atoms with van der Waals surface area (Å²) < 4.78 is 0. The molecule has 0 saturated heterocycles. The van der Waals surface area contributed by atoms with Gasteiger partial charge in [-0.05, 0) is 36.6 Å². The van der Waals surface area contributed by atoms with Gasteiger partial charge in [-0.25, -0.2) is 0 Å². The first kappa shape index (κ1) is 8.94. The molecule has 1 aliphatic heterocycles. The van der Waals surface area contributed by atoms with Crippen LogP contribution < -0.4 is 5.32 Å². The predicted octanol–water partition coefficient (Wildman–Crippen LogP) is 1.54. The van der Waals surface area contributed by atoms with Gasteiger partial charge in [-0.1, -0.05) is 6.07 Å². The molecule has 1 unspecified atom stereocenters. The Kier molecular flexibility index (Phi) is 1.88. The highest BCUT2D eigenvalue weighted by molar-refractivity contribution is 6.11. The lowest BCUT2D eigenvalue weighted by molar-refractivity contribution is -0.121. The van der Waals surface area contributed by atoms with Crippen LogP contribution in [0, 0.1) is 13.8 Å². The number of aldehydes is 1. The summed E-state index contributed by atoms with van der Waals surface area (Å²) in [5, 5.41) is 2.71. The number of benzene rings is 1. The van der Waals surface area contributed by atoms with Crippen molar-refractivity contribution >= 4 is 17.9 Å². The van der Waals surface area contributed by atoms with Crippen LogP contribution in [0.3, 0.4) is 0 Å². The molecule has 0 aliphatic carbocycles. The summed E-state index contributed by atoms with van der Waals surface area (Å²) in [6.45, 7) is 3.89. The Hall–Kier alpha value is -1.64. The second-order valence-corrected chi connectivity index (χ2v) is 3.65. The van der Waals surface area contributed by atoms with Gasteiger partial charge in [0.1, 0.15) is 12.2 Å². The van der Waals surface area contributed by atoms with E-state index in [1.807, 2.05) is 26.0 Å². The third kappa shape index (κ3) is 1.13. The molecule has 3 nitrogen and oxygen atoms in total. The minimum absolute atomic E-state index is 0.219. The Labute approximate surface area is 82.1 Å². The summed E-state index contributed by atoms with van der Waals surface area (Å²) in [6, 6.07) is 3.87. The number of rotatable bonds is 1. The van der Waals surface area contributed by atoms with Gasteiger partial charge in [0.15, 0.2) is 0 Å². The first-order chi connectivity index (χ1) is 6.63. The fraction of sp³-hybridized carbons (Fsp3) is 0.273. The molecule has 1 N–H and O–H groups in total. The van der Waals surface area contributed by atoms with Crippen LogP contribution in [0.15, 0.2) is 12.1 Å². The third-order valence-electron chi connectivity index (χ3n) is 2.52. The van der Waals surface area contributed by atoms with Crippen molar-refractivity contribution in [2.75, 3.05) is 5.32 Å². The standard InChI is InChI=1S/C11H11NO2/c1-6-3-7(2)10-8(5-13)11(14)12-9(10)4-6/h3-5,8H,1-2H3,(H,12,14). The number of hydrogen-bond donors (Lipinski definition) is 1. The first-order valence-corrected chi connectivity index (χ1v) is 4.51. The largest absolute Gasteiger partial charge is 0.325 e. The minimum atomic E-state index is -0.620. The maximum Gasteiger partial charge on any atom is 0.239 e. The van der Waals surface area contributed by atoms with Crippen molar-refractivity contribution in [3.05, 3.63) is 28.8 Å². The molecule has 2 rings (SSSR count). The van der Waals surface area contributed by atoms with E-state index >= 15 is 0 Å². The lowest BCUT2D eigenvalue weighted by atomic mass is 9.96. The quantitative estimate of drug-likeness (QED) is 0.538. The van der Waals surface area contributed by atoms with E-state index in [4.69, 9.17) is 0 Å². The molecule has 1 aromatic carbocycles. The van der Waals surface area contributed by atoms with Gasteiger partial charge in [0.25, 0.3) is 0 Å². The number of anilines is 1. The van der Waals surface area contributed by atoms with Gasteiger partial charge in [-0.3, -0.25) is 4.79 Å². The van der Waals surface area contributed by atoms with Gasteiger partial charge in [-0.15, -0.1) is 0 Å². The van der Waals surface area contributed by atoms with E-state index in [1.165, 1.54) is 0 Å². The molecule has 0 spiro atoms. The second kappa shape index (κ2) is 2.94. The fourth-order valence-electron chi connectivity index (χ4n) is 1.97. The van der Waals surface area contributed by atoms with E-state index in [0.29, 0.717) is 6.29 Å². The minimum Gasteiger partial charge on any atom is -0.325 e. The zero-order valence-electron chi connectivity index (χ0n) is 8.13. The van der Waals surface area contributed by atoms with Gasteiger partial charge in [0.2, 0.25) is 5.91 Å². The molecule has 1 aliphatic rings. The molecule has 3 heteroatoms. The van der Waals surface area contributed by atoms with Crippen molar-refractivity contribution < 1.29 is 9.59 Å². The van der Waals surface area contributed by atoms with E-state index < -0.39 is 5.92 Å². The summed E-state index contributed by atoms with van der Waals surface area (Å²) in [5.41, 5.74) is 3.70. The SMILES string of the molecule is Cc1cc(C)c2c(c1)NC(=O)C2C=O. The zero-order chi connectivity index (χ0) is 10.3. The number of amides is 1. The highest BCUT2D eigenvalue weighted by Crippen LogP contribution is 2.34. The van der Waals surface area contributed by atoms with Crippen molar-refractivity contribution in [2.45, 2.75) is 19.8 Å². The molecule has 0 saturated carbocycles. The van der Waals surface area contributed by atoms with Crippen molar-refractivity contribution in [3.63, 3.8) is 0 Å². The van der Waals surface area contributed by atoms with Crippen LogP contribution in [0.1, 0.15) is 22.6 Å². The Balaban J connectivity index is 2.64. The molecule has 0 radical (unpaired) electrons. The van der Waals surface area contributed by atoms with Crippen molar-refractivity contribution in [2.24, 2.45) is 0 Å². The highest BCUT2D eigenvalue weighted by atomic mass is 16.2. The maximum absolute atomic E-state index is 11.4. The van der Waals surface area contributed by atoms with Crippen molar-refractivity contribution in [1.82, 2.24) is 0 Å².